The third-order valence-electron chi connectivity index (χ3n) is 5.12. The molecule has 8 nitrogen and oxygen atoms in total. The summed E-state index contributed by atoms with van der Waals surface area (Å²) in [7, 11) is 1.61. The van der Waals surface area contributed by atoms with Crippen LogP contribution < -0.4 is 10.3 Å². The highest BCUT2D eigenvalue weighted by Crippen LogP contribution is 2.24. The number of carbonyl (C=O) groups excluding carboxylic acids is 1. The molecule has 0 unspecified atom stereocenters. The molecule has 0 aliphatic carbocycles. The van der Waals surface area contributed by atoms with E-state index in [9.17, 15) is 9.59 Å². The van der Waals surface area contributed by atoms with E-state index in [1.54, 1.807) is 7.11 Å². The Labute approximate surface area is 172 Å². The Balaban J connectivity index is 1.62. The first-order valence-corrected chi connectivity index (χ1v) is 10.6. The number of likely N-dealkylation sites (tertiary alicyclic amines) is 1. The smallest absolute Gasteiger partial charge is 0.266 e. The van der Waals surface area contributed by atoms with E-state index in [2.05, 4.69) is 22.0 Å². The first kappa shape index (κ1) is 19.5. The Morgan fingerprint density at radius 1 is 1.28 bits per heavy atom. The number of nitrogens with zero attached hydrogens (tertiary/aromatic N) is 4. The molecule has 152 valence electrons. The molecule has 0 saturated carbocycles. The summed E-state index contributed by atoms with van der Waals surface area (Å²) in [6, 6.07) is 9.09. The second kappa shape index (κ2) is 8.28. The summed E-state index contributed by atoms with van der Waals surface area (Å²) in [6.07, 6.45) is 3.26. The third-order valence-corrected chi connectivity index (χ3v) is 6.04. The number of benzene rings is 1. The van der Waals surface area contributed by atoms with Crippen LogP contribution in [-0.2, 0) is 4.79 Å². The number of amides is 1. The molecule has 9 heteroatoms. The number of ether oxygens (including phenoxy) is 1. The molecule has 1 amide bonds. The largest absolute Gasteiger partial charge is 0.497 e. The minimum atomic E-state index is -0.260. The van der Waals surface area contributed by atoms with Gasteiger partial charge in [0.05, 0.1) is 12.9 Å². The number of carbonyl (C=O) groups is 1. The molecule has 3 aromatic rings. The lowest BCUT2D eigenvalue weighted by Gasteiger charge is -2.33. The van der Waals surface area contributed by atoms with Gasteiger partial charge in [0.1, 0.15) is 5.75 Å². The van der Waals surface area contributed by atoms with Crippen LogP contribution in [0.5, 0.6) is 5.75 Å². The van der Waals surface area contributed by atoms with E-state index in [1.165, 1.54) is 28.8 Å². The molecule has 29 heavy (non-hydrogen) atoms. The fourth-order valence-corrected chi connectivity index (χ4v) is 4.37. The molecule has 1 saturated heterocycles. The van der Waals surface area contributed by atoms with Crippen molar-refractivity contribution in [1.29, 1.82) is 0 Å². The molecule has 1 aromatic carbocycles. The van der Waals surface area contributed by atoms with Crippen LogP contribution in [0, 0.1) is 0 Å². The lowest BCUT2D eigenvalue weighted by molar-refractivity contribution is -0.131. The maximum absolute atomic E-state index is 12.7. The predicted octanol–water partition coefficient (Wildman–Crippen LogP) is 2.59. The average molecular weight is 414 g/mol. The molecule has 0 spiro atoms. The Morgan fingerprint density at radius 2 is 2.07 bits per heavy atom. The van der Waals surface area contributed by atoms with Crippen molar-refractivity contribution in [3.63, 3.8) is 0 Å². The van der Waals surface area contributed by atoms with Gasteiger partial charge in [-0.05, 0) is 50.5 Å². The van der Waals surface area contributed by atoms with E-state index in [-0.39, 0.29) is 23.3 Å². The number of piperidine rings is 1. The zero-order valence-corrected chi connectivity index (χ0v) is 17.2. The number of rotatable bonds is 5. The Kier molecular flexibility index (Phi) is 5.57. The minimum Gasteiger partial charge on any atom is -0.497 e. The summed E-state index contributed by atoms with van der Waals surface area (Å²) in [5.41, 5.74) is 1.01. The summed E-state index contributed by atoms with van der Waals surface area (Å²) in [5, 5.41) is 3.24. The number of thioether (sulfide) groups is 1. The topological polar surface area (TPSA) is 92.6 Å². The molecular weight excluding hydrogens is 390 g/mol. The zero-order valence-electron chi connectivity index (χ0n) is 16.4. The minimum absolute atomic E-state index is 0.0921. The van der Waals surface area contributed by atoms with Gasteiger partial charge in [-0.15, -0.1) is 0 Å². The van der Waals surface area contributed by atoms with Crippen LogP contribution in [0.25, 0.3) is 17.0 Å². The number of hydrogen-bond acceptors (Lipinski definition) is 6. The molecule has 1 N–H and O–H groups in total. The van der Waals surface area contributed by atoms with Crippen LogP contribution in [0.2, 0.25) is 0 Å². The molecule has 4 rings (SSSR count). The van der Waals surface area contributed by atoms with Gasteiger partial charge in [-0.25, -0.2) is 14.5 Å². The summed E-state index contributed by atoms with van der Waals surface area (Å²) in [6.45, 7) is 2.90. The fraction of sp³-hybridized carbons (Fsp3) is 0.400. The second-order valence-corrected chi connectivity index (χ2v) is 8.04. The SMILES string of the molecule is COc1ccc(-c2nc(SCC(=O)N3CCCC[C@@H]3C)n3[nH]c(=O)cc3n2)cc1. The van der Waals surface area contributed by atoms with Crippen LogP contribution in [-0.4, -0.2) is 55.8 Å². The van der Waals surface area contributed by atoms with Crippen molar-refractivity contribution in [1.82, 2.24) is 24.5 Å². The van der Waals surface area contributed by atoms with E-state index < -0.39 is 0 Å². The fourth-order valence-electron chi connectivity index (χ4n) is 3.53. The highest BCUT2D eigenvalue weighted by atomic mass is 32.2. The summed E-state index contributed by atoms with van der Waals surface area (Å²) >= 11 is 1.31. The van der Waals surface area contributed by atoms with Gasteiger partial charge in [0, 0.05) is 24.2 Å². The molecule has 2 aromatic heterocycles. The number of aromatic nitrogens is 4. The van der Waals surface area contributed by atoms with Crippen molar-refractivity contribution in [2.24, 2.45) is 0 Å². The van der Waals surface area contributed by atoms with Crippen LogP contribution in [0.4, 0.5) is 0 Å². The Bertz CT molecular complexity index is 1080. The van der Waals surface area contributed by atoms with E-state index >= 15 is 0 Å². The summed E-state index contributed by atoms with van der Waals surface area (Å²) in [4.78, 5) is 35.6. The quantitative estimate of drug-likeness (QED) is 0.647. The van der Waals surface area contributed by atoms with E-state index in [1.807, 2.05) is 29.2 Å². The molecule has 1 aliphatic heterocycles. The van der Waals surface area contributed by atoms with Crippen molar-refractivity contribution in [2.75, 3.05) is 19.4 Å². The molecule has 0 bridgehead atoms. The molecule has 1 aliphatic rings. The average Bonchev–Trinajstić information content (AvgIpc) is 3.12. The number of H-pyrrole nitrogens is 1. The van der Waals surface area contributed by atoms with Crippen LogP contribution >= 0.6 is 11.8 Å². The van der Waals surface area contributed by atoms with Gasteiger partial charge in [0.2, 0.25) is 5.91 Å². The number of nitrogens with one attached hydrogen (secondary N) is 1. The molecule has 1 fully saturated rings. The third kappa shape index (κ3) is 4.14. The normalized spacial score (nSPS) is 16.9. The first-order chi connectivity index (χ1) is 14.0. The second-order valence-electron chi connectivity index (χ2n) is 7.09. The van der Waals surface area contributed by atoms with Crippen LogP contribution in [0.15, 0.2) is 40.3 Å². The standard InChI is InChI=1S/C20H23N5O3S/c1-13-5-3-4-10-24(13)18(27)12-29-20-22-19(14-6-8-15(28-2)9-7-14)21-16-11-17(26)23-25(16)20/h6-9,11,13H,3-5,10,12H2,1-2H3,(H,23,26)/t13-/m0/s1. The van der Waals surface area contributed by atoms with Gasteiger partial charge < -0.3 is 9.64 Å². The highest BCUT2D eigenvalue weighted by Gasteiger charge is 2.23. The Hall–Kier alpha value is -2.81. The van der Waals surface area contributed by atoms with Crippen molar-refractivity contribution >= 4 is 23.3 Å². The maximum Gasteiger partial charge on any atom is 0.266 e. The highest BCUT2D eigenvalue weighted by molar-refractivity contribution is 7.99. The first-order valence-electron chi connectivity index (χ1n) is 9.61. The van der Waals surface area contributed by atoms with Gasteiger partial charge in [0.15, 0.2) is 16.6 Å². The summed E-state index contributed by atoms with van der Waals surface area (Å²) < 4.78 is 6.73. The van der Waals surface area contributed by atoms with Crippen molar-refractivity contribution < 1.29 is 9.53 Å². The maximum atomic E-state index is 12.7. The number of methoxy groups -OCH3 is 1. The Morgan fingerprint density at radius 3 is 2.79 bits per heavy atom. The van der Waals surface area contributed by atoms with Crippen LogP contribution in [0.3, 0.4) is 0 Å². The van der Waals surface area contributed by atoms with Gasteiger partial charge in [-0.3, -0.25) is 14.7 Å². The molecule has 1 atom stereocenters. The molecule has 0 radical (unpaired) electrons. The number of hydrogen-bond donors (Lipinski definition) is 1. The van der Waals surface area contributed by atoms with Gasteiger partial charge in [-0.1, -0.05) is 11.8 Å². The van der Waals surface area contributed by atoms with E-state index in [0.717, 1.165) is 30.7 Å². The van der Waals surface area contributed by atoms with Crippen molar-refractivity contribution in [3.05, 3.63) is 40.7 Å². The van der Waals surface area contributed by atoms with Crippen molar-refractivity contribution in [2.45, 2.75) is 37.4 Å². The van der Waals surface area contributed by atoms with Crippen molar-refractivity contribution in [3.8, 4) is 17.1 Å². The lowest BCUT2D eigenvalue weighted by atomic mass is 10.0. The van der Waals surface area contributed by atoms with Gasteiger partial charge >= 0.3 is 0 Å². The lowest BCUT2D eigenvalue weighted by Crippen LogP contribution is -2.43. The predicted molar refractivity (Wildman–Crippen MR) is 111 cm³/mol. The zero-order chi connectivity index (χ0) is 20.4. The number of fused-ring (bicyclic) bond motifs is 1. The van der Waals surface area contributed by atoms with E-state index in [4.69, 9.17) is 4.74 Å². The van der Waals surface area contributed by atoms with Gasteiger partial charge in [0.25, 0.3) is 5.56 Å². The molecular formula is C20H23N5O3S. The summed E-state index contributed by atoms with van der Waals surface area (Å²) in [5.74, 6) is 1.59. The van der Waals surface area contributed by atoms with Gasteiger partial charge in [-0.2, -0.15) is 0 Å². The monoisotopic (exact) mass is 413 g/mol. The van der Waals surface area contributed by atoms with Crippen LogP contribution in [0.1, 0.15) is 26.2 Å². The molecule has 3 heterocycles. The number of aromatic amines is 1. The van der Waals surface area contributed by atoms with E-state index in [0.29, 0.717) is 16.6 Å².